The van der Waals surface area contributed by atoms with Crippen LogP contribution in [0.1, 0.15) is 18.4 Å². The van der Waals surface area contributed by atoms with E-state index in [-0.39, 0.29) is 25.4 Å². The second-order valence-corrected chi connectivity index (χ2v) is 5.87. The van der Waals surface area contributed by atoms with Crippen molar-refractivity contribution < 1.29 is 22.7 Å². The number of hydrogen-bond donors (Lipinski definition) is 1. The summed E-state index contributed by atoms with van der Waals surface area (Å²) < 4.78 is 43.6. The van der Waals surface area contributed by atoms with Gasteiger partial charge in [-0.2, -0.15) is 13.2 Å². The number of methoxy groups -OCH3 is 1. The van der Waals surface area contributed by atoms with E-state index >= 15 is 0 Å². The fraction of sp³-hybridized carbons (Fsp3) is 0.562. The zero-order valence-electron chi connectivity index (χ0n) is 13.2. The van der Waals surface area contributed by atoms with E-state index in [1.54, 1.807) is 17.0 Å². The van der Waals surface area contributed by atoms with Crippen LogP contribution in [0.5, 0.6) is 5.75 Å². The molecule has 1 fully saturated rings. The van der Waals surface area contributed by atoms with Crippen LogP contribution in [0.4, 0.5) is 18.9 Å². The van der Waals surface area contributed by atoms with E-state index in [1.807, 2.05) is 13.0 Å². The standard InChI is InChI=1S/C16H21F3N2O2/c1-11-5-6-14(23-2)13(8-11)20-15(22)10-21-7-3-4-12(9-21)16(17,18)19/h5-6,8,12H,3-4,7,9-10H2,1-2H3,(H,20,22)/t12-/m1/s1. The molecule has 1 aliphatic heterocycles. The van der Waals surface area contributed by atoms with Gasteiger partial charge in [0.2, 0.25) is 5.91 Å². The molecule has 0 bridgehead atoms. The third kappa shape index (κ3) is 4.86. The van der Waals surface area contributed by atoms with E-state index in [2.05, 4.69) is 5.32 Å². The lowest BCUT2D eigenvalue weighted by molar-refractivity contribution is -0.186. The van der Waals surface area contributed by atoms with Crippen molar-refractivity contribution in [1.82, 2.24) is 4.90 Å². The maximum Gasteiger partial charge on any atom is 0.393 e. The molecule has 0 aromatic heterocycles. The predicted octanol–water partition coefficient (Wildman–Crippen LogP) is 3.22. The maximum atomic E-state index is 12.8. The molecule has 7 heteroatoms. The number of aryl methyl sites for hydroxylation is 1. The average Bonchev–Trinajstić information content (AvgIpc) is 2.46. The summed E-state index contributed by atoms with van der Waals surface area (Å²) in [5.74, 6) is -1.16. The van der Waals surface area contributed by atoms with E-state index < -0.39 is 12.1 Å². The Morgan fingerprint density at radius 2 is 2.17 bits per heavy atom. The fourth-order valence-electron chi connectivity index (χ4n) is 2.78. The Hall–Kier alpha value is -1.76. The summed E-state index contributed by atoms with van der Waals surface area (Å²) in [5, 5.41) is 2.72. The number of benzene rings is 1. The number of alkyl halides is 3. The summed E-state index contributed by atoms with van der Waals surface area (Å²) >= 11 is 0. The lowest BCUT2D eigenvalue weighted by Gasteiger charge is -2.33. The number of nitrogens with one attached hydrogen (secondary N) is 1. The largest absolute Gasteiger partial charge is 0.495 e. The molecule has 4 nitrogen and oxygen atoms in total. The Morgan fingerprint density at radius 1 is 1.43 bits per heavy atom. The number of amides is 1. The maximum absolute atomic E-state index is 12.8. The average molecular weight is 330 g/mol. The molecule has 0 saturated carbocycles. The van der Waals surface area contributed by atoms with Crippen molar-refractivity contribution in [2.24, 2.45) is 5.92 Å². The van der Waals surface area contributed by atoms with Gasteiger partial charge in [-0.25, -0.2) is 0 Å². The molecule has 2 rings (SSSR count). The van der Waals surface area contributed by atoms with Crippen LogP contribution in [0.15, 0.2) is 18.2 Å². The summed E-state index contributed by atoms with van der Waals surface area (Å²) in [6, 6.07) is 5.37. The van der Waals surface area contributed by atoms with Crippen LogP contribution < -0.4 is 10.1 Å². The number of rotatable bonds is 4. The van der Waals surface area contributed by atoms with E-state index in [9.17, 15) is 18.0 Å². The first-order valence-corrected chi connectivity index (χ1v) is 7.53. The summed E-state index contributed by atoms with van der Waals surface area (Å²) in [5.41, 5.74) is 1.48. The molecule has 1 aliphatic rings. The first-order chi connectivity index (χ1) is 10.8. The number of likely N-dealkylation sites (tertiary alicyclic amines) is 1. The highest BCUT2D eigenvalue weighted by atomic mass is 19.4. The number of carbonyl (C=O) groups excluding carboxylic acids is 1. The smallest absolute Gasteiger partial charge is 0.393 e. The Labute approximate surface area is 133 Å². The molecule has 1 amide bonds. The lowest BCUT2D eigenvalue weighted by atomic mass is 9.97. The number of halogens is 3. The quantitative estimate of drug-likeness (QED) is 0.922. The molecule has 0 radical (unpaired) electrons. The minimum atomic E-state index is -4.20. The van der Waals surface area contributed by atoms with Gasteiger partial charge < -0.3 is 10.1 Å². The molecule has 128 valence electrons. The molecule has 1 aromatic carbocycles. The van der Waals surface area contributed by atoms with Crippen molar-refractivity contribution in [2.45, 2.75) is 25.9 Å². The van der Waals surface area contributed by atoms with Crippen molar-refractivity contribution in [3.8, 4) is 5.75 Å². The van der Waals surface area contributed by atoms with Gasteiger partial charge in [0.25, 0.3) is 0 Å². The highest BCUT2D eigenvalue weighted by molar-refractivity contribution is 5.93. The molecule has 0 spiro atoms. The van der Waals surface area contributed by atoms with Crippen molar-refractivity contribution >= 4 is 11.6 Å². The summed E-state index contributed by atoms with van der Waals surface area (Å²) in [6.07, 6.45) is -3.62. The minimum Gasteiger partial charge on any atom is -0.495 e. The van der Waals surface area contributed by atoms with E-state index in [0.29, 0.717) is 24.4 Å². The summed E-state index contributed by atoms with van der Waals surface area (Å²) in [6.45, 7) is 2.21. The minimum absolute atomic E-state index is 0.0519. The van der Waals surface area contributed by atoms with E-state index in [1.165, 1.54) is 7.11 Å². The predicted molar refractivity (Wildman–Crippen MR) is 81.6 cm³/mol. The normalized spacial score (nSPS) is 19.4. The number of anilines is 1. The lowest BCUT2D eigenvalue weighted by Crippen LogP contribution is -2.44. The van der Waals surface area contributed by atoms with Crippen molar-refractivity contribution in [2.75, 3.05) is 32.1 Å². The number of hydrogen-bond acceptors (Lipinski definition) is 3. The molecule has 1 N–H and O–H groups in total. The molecular weight excluding hydrogens is 309 g/mol. The number of carbonyl (C=O) groups is 1. The zero-order valence-corrected chi connectivity index (χ0v) is 13.2. The van der Waals surface area contributed by atoms with Gasteiger partial charge in [0.05, 0.1) is 25.3 Å². The fourth-order valence-corrected chi connectivity index (χ4v) is 2.78. The molecule has 1 heterocycles. The Morgan fingerprint density at radius 3 is 2.83 bits per heavy atom. The van der Waals surface area contributed by atoms with Gasteiger partial charge in [0.15, 0.2) is 0 Å². The van der Waals surface area contributed by atoms with Gasteiger partial charge >= 0.3 is 6.18 Å². The monoisotopic (exact) mass is 330 g/mol. The van der Waals surface area contributed by atoms with Crippen LogP contribution in [0.2, 0.25) is 0 Å². The molecule has 0 aliphatic carbocycles. The SMILES string of the molecule is COc1ccc(C)cc1NC(=O)CN1CCC[C@@H](C(F)(F)F)C1. The van der Waals surface area contributed by atoms with Crippen molar-refractivity contribution in [1.29, 1.82) is 0 Å². The van der Waals surface area contributed by atoms with E-state index in [4.69, 9.17) is 4.74 Å². The van der Waals surface area contributed by atoms with Gasteiger partial charge in [0, 0.05) is 6.54 Å². The van der Waals surface area contributed by atoms with Crippen molar-refractivity contribution in [3.05, 3.63) is 23.8 Å². The second kappa shape index (κ2) is 7.21. The number of nitrogens with zero attached hydrogens (tertiary/aromatic N) is 1. The van der Waals surface area contributed by atoms with Gasteiger partial charge in [-0.1, -0.05) is 6.07 Å². The van der Waals surface area contributed by atoms with Crippen LogP contribution in [0.3, 0.4) is 0 Å². The Balaban J connectivity index is 1.96. The van der Waals surface area contributed by atoms with Gasteiger partial charge in [0.1, 0.15) is 5.75 Å². The van der Waals surface area contributed by atoms with Crippen molar-refractivity contribution in [3.63, 3.8) is 0 Å². The number of ether oxygens (including phenoxy) is 1. The van der Waals surface area contributed by atoms with Gasteiger partial charge in [-0.3, -0.25) is 9.69 Å². The third-order valence-electron chi connectivity index (χ3n) is 3.96. The zero-order chi connectivity index (χ0) is 17.0. The van der Waals surface area contributed by atoms with Crippen LogP contribution in [-0.4, -0.2) is 43.7 Å². The van der Waals surface area contributed by atoms with Crippen LogP contribution >= 0.6 is 0 Å². The molecule has 0 unspecified atom stereocenters. The summed E-state index contributed by atoms with van der Waals surface area (Å²) in [7, 11) is 1.50. The molecule has 1 saturated heterocycles. The van der Waals surface area contributed by atoms with E-state index in [0.717, 1.165) is 5.56 Å². The van der Waals surface area contributed by atoms with Crippen LogP contribution in [0, 0.1) is 12.8 Å². The Kier molecular flexibility index (Phi) is 5.51. The second-order valence-electron chi connectivity index (χ2n) is 5.87. The summed E-state index contributed by atoms with van der Waals surface area (Å²) in [4.78, 5) is 13.7. The highest BCUT2D eigenvalue weighted by Gasteiger charge is 2.41. The molecule has 1 atom stereocenters. The first-order valence-electron chi connectivity index (χ1n) is 7.53. The molecule has 1 aromatic rings. The Bertz CT molecular complexity index is 561. The van der Waals surface area contributed by atoms with Gasteiger partial charge in [-0.15, -0.1) is 0 Å². The third-order valence-corrected chi connectivity index (χ3v) is 3.96. The number of piperidine rings is 1. The van der Waals surface area contributed by atoms with Crippen LogP contribution in [0.25, 0.3) is 0 Å². The molecule has 23 heavy (non-hydrogen) atoms. The van der Waals surface area contributed by atoms with Gasteiger partial charge in [-0.05, 0) is 44.0 Å². The molecular formula is C16H21F3N2O2. The first kappa shape index (κ1) is 17.6. The topological polar surface area (TPSA) is 41.6 Å². The van der Waals surface area contributed by atoms with Crippen LogP contribution in [-0.2, 0) is 4.79 Å². The highest BCUT2D eigenvalue weighted by Crippen LogP contribution is 2.33.